The van der Waals surface area contributed by atoms with Crippen LogP contribution in [-0.4, -0.2) is 9.55 Å². The normalized spacial score (nSPS) is 10.4. The Morgan fingerprint density at radius 1 is 1.36 bits per heavy atom. The molecule has 0 saturated carbocycles. The van der Waals surface area contributed by atoms with E-state index in [2.05, 4.69) is 4.98 Å². The van der Waals surface area contributed by atoms with Crippen LogP contribution >= 0.6 is 0 Å². The zero-order valence-corrected chi connectivity index (χ0v) is 8.09. The number of halogens is 3. The predicted molar refractivity (Wildman–Crippen MR) is 45.8 cm³/mol. The van der Waals surface area contributed by atoms with Crippen LogP contribution in [0.4, 0.5) is 13.2 Å². The largest absolute Gasteiger partial charge is 0.433 e. The van der Waals surface area contributed by atoms with Gasteiger partial charge in [0.05, 0.1) is 6.33 Å². The van der Waals surface area contributed by atoms with Crippen LogP contribution in [0.15, 0.2) is 17.2 Å². The monoisotopic (exact) mass is 208 g/mol. The highest BCUT2D eigenvalue weighted by Gasteiger charge is 2.32. The summed E-state index contributed by atoms with van der Waals surface area (Å²) in [5.41, 5.74) is -1.89. The molecule has 0 amide bonds. The van der Waals surface area contributed by atoms with E-state index >= 15 is 0 Å². The maximum Gasteiger partial charge on any atom is 0.433 e. The van der Waals surface area contributed by atoms with Crippen LogP contribution in [0.25, 0.3) is 0 Å². The molecule has 1 heterocycles. The predicted octanol–water partition coefficient (Wildman–Crippen LogP) is 1.83. The standard InChI is InChI=1S/C6H5F3N2O.C2H6/c1-11-3-10-4(2-5(11)12)6(7,8)9;1-2/h2-3H,1H3;1-2H3. The Labute approximate surface area is 79.2 Å². The second-order valence-electron chi connectivity index (χ2n) is 2.22. The Hall–Kier alpha value is -1.33. The van der Waals surface area contributed by atoms with Gasteiger partial charge in [0.25, 0.3) is 5.56 Å². The van der Waals surface area contributed by atoms with Gasteiger partial charge >= 0.3 is 6.18 Å². The molecule has 0 saturated heterocycles. The van der Waals surface area contributed by atoms with Crippen molar-refractivity contribution in [1.82, 2.24) is 9.55 Å². The van der Waals surface area contributed by atoms with E-state index in [1.54, 1.807) is 0 Å². The van der Waals surface area contributed by atoms with E-state index in [1.807, 2.05) is 13.8 Å². The SMILES string of the molecule is CC.Cn1cnc(C(F)(F)F)cc1=O. The number of hydrogen-bond donors (Lipinski definition) is 0. The zero-order chi connectivity index (χ0) is 11.4. The maximum atomic E-state index is 11.9. The topological polar surface area (TPSA) is 34.9 Å². The molecule has 0 spiro atoms. The number of aryl methyl sites for hydroxylation is 1. The second kappa shape index (κ2) is 4.78. The van der Waals surface area contributed by atoms with Gasteiger partial charge in [-0.2, -0.15) is 13.2 Å². The molecule has 80 valence electrons. The average molecular weight is 208 g/mol. The third-order valence-corrected chi connectivity index (χ3v) is 1.27. The summed E-state index contributed by atoms with van der Waals surface area (Å²) in [4.78, 5) is 13.8. The van der Waals surface area contributed by atoms with Crippen molar-refractivity contribution in [3.63, 3.8) is 0 Å². The summed E-state index contributed by atoms with van der Waals surface area (Å²) in [6, 6.07) is 0.458. The van der Waals surface area contributed by atoms with Gasteiger partial charge in [-0.15, -0.1) is 0 Å². The molecular formula is C8H11F3N2O. The lowest BCUT2D eigenvalue weighted by Crippen LogP contribution is -2.20. The Kier molecular flexibility index (Phi) is 4.33. The van der Waals surface area contributed by atoms with E-state index in [9.17, 15) is 18.0 Å². The molecule has 1 aromatic heterocycles. The summed E-state index contributed by atoms with van der Waals surface area (Å²) in [5.74, 6) is 0. The van der Waals surface area contributed by atoms with E-state index < -0.39 is 17.4 Å². The van der Waals surface area contributed by atoms with Gasteiger partial charge in [0.1, 0.15) is 0 Å². The molecule has 0 aliphatic carbocycles. The molecule has 6 heteroatoms. The Morgan fingerprint density at radius 3 is 2.21 bits per heavy atom. The summed E-state index contributed by atoms with van der Waals surface area (Å²) < 4.78 is 36.6. The molecular weight excluding hydrogens is 197 g/mol. The first kappa shape index (κ1) is 12.7. The van der Waals surface area contributed by atoms with Crippen molar-refractivity contribution in [1.29, 1.82) is 0 Å². The van der Waals surface area contributed by atoms with Gasteiger partial charge in [-0.1, -0.05) is 13.8 Å². The summed E-state index contributed by atoms with van der Waals surface area (Å²) >= 11 is 0. The van der Waals surface area contributed by atoms with Gasteiger partial charge < -0.3 is 4.57 Å². The quantitative estimate of drug-likeness (QED) is 0.651. The Bertz CT molecular complexity index is 343. The second-order valence-corrected chi connectivity index (χ2v) is 2.22. The lowest BCUT2D eigenvalue weighted by atomic mass is 10.4. The Morgan fingerprint density at radius 2 is 1.86 bits per heavy atom. The van der Waals surface area contributed by atoms with Crippen molar-refractivity contribution in [2.45, 2.75) is 20.0 Å². The minimum Gasteiger partial charge on any atom is -0.302 e. The molecule has 0 bridgehead atoms. The van der Waals surface area contributed by atoms with E-state index in [0.717, 1.165) is 10.9 Å². The van der Waals surface area contributed by atoms with Crippen molar-refractivity contribution in [2.75, 3.05) is 0 Å². The molecule has 3 nitrogen and oxygen atoms in total. The van der Waals surface area contributed by atoms with Crippen molar-refractivity contribution >= 4 is 0 Å². The summed E-state index contributed by atoms with van der Waals surface area (Å²) in [7, 11) is 1.33. The molecule has 0 radical (unpaired) electrons. The maximum absolute atomic E-state index is 11.9. The minimum absolute atomic E-state index is 0.458. The van der Waals surface area contributed by atoms with Gasteiger partial charge in [0.2, 0.25) is 0 Å². The first-order chi connectivity index (χ1) is 6.41. The third-order valence-electron chi connectivity index (χ3n) is 1.27. The Balaban J connectivity index is 0.000000791. The van der Waals surface area contributed by atoms with Crippen molar-refractivity contribution in [3.8, 4) is 0 Å². The van der Waals surface area contributed by atoms with Crippen LogP contribution in [0, 0.1) is 0 Å². The fourth-order valence-electron chi connectivity index (χ4n) is 0.617. The zero-order valence-electron chi connectivity index (χ0n) is 8.09. The number of hydrogen-bond acceptors (Lipinski definition) is 2. The van der Waals surface area contributed by atoms with Crippen LogP contribution in [-0.2, 0) is 13.2 Å². The number of aromatic nitrogens is 2. The van der Waals surface area contributed by atoms with E-state index in [1.165, 1.54) is 7.05 Å². The fourth-order valence-corrected chi connectivity index (χ4v) is 0.617. The van der Waals surface area contributed by atoms with E-state index in [4.69, 9.17) is 0 Å². The van der Waals surface area contributed by atoms with Gasteiger partial charge in [-0.3, -0.25) is 4.79 Å². The lowest BCUT2D eigenvalue weighted by molar-refractivity contribution is -0.141. The van der Waals surface area contributed by atoms with Crippen molar-refractivity contribution < 1.29 is 13.2 Å². The van der Waals surface area contributed by atoms with Crippen LogP contribution in [0.5, 0.6) is 0 Å². The van der Waals surface area contributed by atoms with Crippen LogP contribution < -0.4 is 5.56 Å². The molecule has 0 fully saturated rings. The average Bonchev–Trinajstić information content (AvgIpc) is 2.11. The van der Waals surface area contributed by atoms with Crippen molar-refractivity contribution in [2.24, 2.45) is 7.05 Å². The number of alkyl halides is 3. The highest BCUT2D eigenvalue weighted by atomic mass is 19.4. The van der Waals surface area contributed by atoms with Gasteiger partial charge in [-0.05, 0) is 0 Å². The summed E-state index contributed by atoms with van der Waals surface area (Å²) in [6.07, 6.45) is -3.71. The van der Waals surface area contributed by atoms with E-state index in [0.29, 0.717) is 6.07 Å². The lowest BCUT2D eigenvalue weighted by Gasteiger charge is -2.04. The van der Waals surface area contributed by atoms with Gasteiger partial charge in [0.15, 0.2) is 5.69 Å². The minimum atomic E-state index is -4.55. The fraction of sp³-hybridized carbons (Fsp3) is 0.500. The van der Waals surface area contributed by atoms with Crippen LogP contribution in [0.1, 0.15) is 19.5 Å². The van der Waals surface area contributed by atoms with Gasteiger partial charge in [-0.25, -0.2) is 4.98 Å². The highest BCUT2D eigenvalue weighted by molar-refractivity contribution is 5.03. The number of nitrogens with zero attached hydrogens (tertiary/aromatic N) is 2. The molecule has 0 N–H and O–H groups in total. The third kappa shape index (κ3) is 3.20. The van der Waals surface area contributed by atoms with E-state index in [-0.39, 0.29) is 0 Å². The molecule has 1 rings (SSSR count). The number of rotatable bonds is 0. The van der Waals surface area contributed by atoms with Crippen LogP contribution in [0.2, 0.25) is 0 Å². The summed E-state index contributed by atoms with van der Waals surface area (Å²) in [5, 5.41) is 0. The molecule has 0 atom stereocenters. The molecule has 14 heavy (non-hydrogen) atoms. The first-order valence-corrected chi connectivity index (χ1v) is 4.01. The summed E-state index contributed by atoms with van der Waals surface area (Å²) in [6.45, 7) is 4.00. The van der Waals surface area contributed by atoms with Crippen molar-refractivity contribution in [3.05, 3.63) is 28.4 Å². The molecule has 0 aliphatic heterocycles. The molecule has 0 aromatic carbocycles. The smallest absolute Gasteiger partial charge is 0.302 e. The van der Waals surface area contributed by atoms with Gasteiger partial charge in [0, 0.05) is 13.1 Å². The molecule has 1 aromatic rings. The first-order valence-electron chi connectivity index (χ1n) is 4.01. The van der Waals surface area contributed by atoms with Crippen LogP contribution in [0.3, 0.4) is 0 Å². The highest BCUT2D eigenvalue weighted by Crippen LogP contribution is 2.25. The molecule has 0 unspecified atom stereocenters. The molecule has 0 aliphatic rings.